The van der Waals surface area contributed by atoms with Gasteiger partial charge < -0.3 is 19.0 Å². The number of benzene rings is 1. The Labute approximate surface area is 140 Å². The second-order valence-corrected chi connectivity index (χ2v) is 5.36. The SMILES string of the molecule is [CH2-]C1([CH2-])CCC(CO)=C(c2ccc(Cl)cc2)C1.[Y]. The first-order chi connectivity index (χ1) is 8.02. The van der Waals surface area contributed by atoms with E-state index < -0.39 is 0 Å². The standard InChI is InChI=1S/C15H17ClO.Y/c1-15(2)8-7-12(10-17)14(9-15)11-3-5-13(16)6-4-11;/h3-6,17H,1-2,7-10H2;/q-2;. The molecular formula is C15H17ClOY-2. The summed E-state index contributed by atoms with van der Waals surface area (Å²) in [5.41, 5.74) is 3.23. The molecule has 1 nitrogen and oxygen atoms in total. The van der Waals surface area contributed by atoms with E-state index in [0.717, 1.165) is 35.4 Å². The number of aliphatic hydroxyl groups excluding tert-OH is 1. The monoisotopic (exact) mass is 337 g/mol. The second-order valence-electron chi connectivity index (χ2n) is 4.92. The van der Waals surface area contributed by atoms with Crippen LogP contribution in [0.3, 0.4) is 0 Å². The summed E-state index contributed by atoms with van der Waals surface area (Å²) >= 11 is 5.89. The van der Waals surface area contributed by atoms with E-state index in [0.29, 0.717) is 0 Å². The normalized spacial score (nSPS) is 18.4. The van der Waals surface area contributed by atoms with Gasteiger partial charge in [-0.05, 0) is 35.3 Å². The van der Waals surface area contributed by atoms with E-state index in [2.05, 4.69) is 13.8 Å². The van der Waals surface area contributed by atoms with Gasteiger partial charge >= 0.3 is 0 Å². The minimum Gasteiger partial charge on any atom is -0.392 e. The summed E-state index contributed by atoms with van der Waals surface area (Å²) in [4.78, 5) is 0. The number of aliphatic hydroxyl groups is 1. The fourth-order valence-corrected chi connectivity index (χ4v) is 2.41. The third-order valence-electron chi connectivity index (χ3n) is 3.32. The van der Waals surface area contributed by atoms with Gasteiger partial charge in [-0.2, -0.15) is 0 Å². The van der Waals surface area contributed by atoms with Crippen LogP contribution in [0, 0.1) is 19.3 Å². The van der Waals surface area contributed by atoms with Crippen molar-refractivity contribution in [3.8, 4) is 0 Å². The largest absolute Gasteiger partial charge is 0.392 e. The number of hydrogen-bond acceptors (Lipinski definition) is 1. The van der Waals surface area contributed by atoms with Gasteiger partial charge in [0.15, 0.2) is 0 Å². The molecular weight excluding hydrogens is 321 g/mol. The van der Waals surface area contributed by atoms with E-state index in [-0.39, 0.29) is 44.7 Å². The molecule has 1 aliphatic carbocycles. The Morgan fingerprint density at radius 1 is 1.22 bits per heavy atom. The van der Waals surface area contributed by atoms with Gasteiger partial charge in [0, 0.05) is 37.7 Å². The molecule has 0 bridgehead atoms. The molecule has 0 heterocycles. The maximum Gasteiger partial charge on any atom is 0.0647 e. The van der Waals surface area contributed by atoms with Crippen LogP contribution in [-0.4, -0.2) is 11.7 Å². The van der Waals surface area contributed by atoms with Crippen molar-refractivity contribution in [3.63, 3.8) is 0 Å². The molecule has 1 aromatic carbocycles. The van der Waals surface area contributed by atoms with Crippen LogP contribution in [0.2, 0.25) is 5.02 Å². The fourth-order valence-electron chi connectivity index (χ4n) is 2.29. The maximum atomic E-state index is 9.42. The van der Waals surface area contributed by atoms with Crippen LogP contribution in [0.1, 0.15) is 24.8 Å². The molecule has 1 aliphatic rings. The first kappa shape index (κ1) is 16.4. The molecule has 1 aromatic rings. The second kappa shape index (κ2) is 6.65. The summed E-state index contributed by atoms with van der Waals surface area (Å²) in [7, 11) is 0. The molecule has 0 spiro atoms. The van der Waals surface area contributed by atoms with Gasteiger partial charge in [0.05, 0.1) is 6.61 Å². The third kappa shape index (κ3) is 3.90. The van der Waals surface area contributed by atoms with Gasteiger partial charge in [-0.3, -0.25) is 5.41 Å². The first-order valence-corrected chi connectivity index (χ1v) is 6.18. The number of hydrogen-bond donors (Lipinski definition) is 1. The first-order valence-electron chi connectivity index (χ1n) is 5.80. The topological polar surface area (TPSA) is 20.2 Å². The minimum absolute atomic E-state index is 0. The summed E-state index contributed by atoms with van der Waals surface area (Å²) in [6, 6.07) is 7.74. The fraction of sp³-hybridized carbons (Fsp3) is 0.333. The smallest absolute Gasteiger partial charge is 0.0647 e. The van der Waals surface area contributed by atoms with E-state index in [9.17, 15) is 5.11 Å². The zero-order chi connectivity index (χ0) is 12.5. The van der Waals surface area contributed by atoms with Crippen LogP contribution in [0.15, 0.2) is 29.8 Å². The number of allylic oxidation sites excluding steroid dienone is 1. The van der Waals surface area contributed by atoms with Crippen LogP contribution in [0.25, 0.3) is 5.57 Å². The molecule has 0 saturated carbocycles. The van der Waals surface area contributed by atoms with Crippen molar-refractivity contribution in [1.29, 1.82) is 0 Å². The summed E-state index contributed by atoms with van der Waals surface area (Å²) in [6.07, 6.45) is 2.62. The van der Waals surface area contributed by atoms with E-state index in [4.69, 9.17) is 11.6 Å². The molecule has 1 radical (unpaired) electrons. The molecule has 18 heavy (non-hydrogen) atoms. The van der Waals surface area contributed by atoms with Crippen molar-refractivity contribution in [2.75, 3.05) is 6.61 Å². The van der Waals surface area contributed by atoms with Crippen molar-refractivity contribution in [3.05, 3.63) is 54.3 Å². The molecule has 0 unspecified atom stereocenters. The number of rotatable bonds is 2. The molecule has 0 saturated heterocycles. The van der Waals surface area contributed by atoms with Crippen LogP contribution >= 0.6 is 11.6 Å². The van der Waals surface area contributed by atoms with E-state index in [1.807, 2.05) is 24.3 Å². The van der Waals surface area contributed by atoms with E-state index >= 15 is 0 Å². The predicted octanol–water partition coefficient (Wildman–Crippen LogP) is 3.92. The third-order valence-corrected chi connectivity index (χ3v) is 3.57. The average Bonchev–Trinajstić information content (AvgIpc) is 2.29. The molecule has 0 aliphatic heterocycles. The zero-order valence-electron chi connectivity index (χ0n) is 10.5. The molecule has 0 fully saturated rings. The summed E-state index contributed by atoms with van der Waals surface area (Å²) in [6.45, 7) is 8.40. The van der Waals surface area contributed by atoms with Gasteiger partial charge in [0.25, 0.3) is 0 Å². The Morgan fingerprint density at radius 3 is 2.39 bits per heavy atom. The molecule has 3 heteroatoms. The predicted molar refractivity (Wildman–Crippen MR) is 72.5 cm³/mol. The Balaban J connectivity index is 0.00000162. The molecule has 2 rings (SSSR count). The Kier molecular flexibility index (Phi) is 6.05. The molecule has 0 atom stereocenters. The summed E-state index contributed by atoms with van der Waals surface area (Å²) < 4.78 is 0. The number of halogens is 1. The van der Waals surface area contributed by atoms with Crippen LogP contribution in [0.4, 0.5) is 0 Å². The van der Waals surface area contributed by atoms with Gasteiger partial charge in [0.1, 0.15) is 0 Å². The maximum absolute atomic E-state index is 9.42. The molecule has 0 aromatic heterocycles. The molecule has 1 N–H and O–H groups in total. The van der Waals surface area contributed by atoms with Gasteiger partial charge in [-0.1, -0.05) is 36.6 Å². The Hall–Kier alpha value is 0.314. The quantitative estimate of drug-likeness (QED) is 0.811. The average molecular weight is 338 g/mol. The van der Waals surface area contributed by atoms with Crippen molar-refractivity contribution in [2.45, 2.75) is 19.3 Å². The zero-order valence-corrected chi connectivity index (χ0v) is 14.0. The van der Waals surface area contributed by atoms with Crippen molar-refractivity contribution >= 4 is 17.2 Å². The van der Waals surface area contributed by atoms with Crippen LogP contribution in [0.5, 0.6) is 0 Å². The molecule has 0 amide bonds. The van der Waals surface area contributed by atoms with Crippen LogP contribution < -0.4 is 0 Å². The van der Waals surface area contributed by atoms with Gasteiger partial charge in [-0.15, -0.1) is 0 Å². The van der Waals surface area contributed by atoms with E-state index in [1.54, 1.807) is 0 Å². The minimum atomic E-state index is -0.173. The van der Waals surface area contributed by atoms with Gasteiger partial charge in [-0.25, -0.2) is 0 Å². The van der Waals surface area contributed by atoms with Crippen LogP contribution in [-0.2, 0) is 32.7 Å². The van der Waals surface area contributed by atoms with Crippen molar-refractivity contribution in [2.24, 2.45) is 5.41 Å². The van der Waals surface area contributed by atoms with Crippen molar-refractivity contribution in [1.82, 2.24) is 0 Å². The summed E-state index contributed by atoms with van der Waals surface area (Å²) in [5, 5.41) is 10.2. The van der Waals surface area contributed by atoms with Crippen molar-refractivity contribution < 1.29 is 37.8 Å². The Bertz CT molecular complexity index is 434. The molecule has 95 valence electrons. The Morgan fingerprint density at radius 2 is 1.83 bits per heavy atom. The van der Waals surface area contributed by atoms with E-state index in [1.165, 1.54) is 5.57 Å². The van der Waals surface area contributed by atoms with Gasteiger partial charge in [0.2, 0.25) is 0 Å². The summed E-state index contributed by atoms with van der Waals surface area (Å²) in [5.74, 6) is 0.